The van der Waals surface area contributed by atoms with E-state index in [1.807, 2.05) is 31.2 Å². The van der Waals surface area contributed by atoms with Crippen LogP contribution in [0.3, 0.4) is 0 Å². The molecular formula is C23H35NO3. The molecule has 1 aromatic heterocycles. The fraction of sp³-hybridized carbons (Fsp3) is 0.609. The van der Waals surface area contributed by atoms with Crippen molar-refractivity contribution >= 4 is 10.9 Å². The van der Waals surface area contributed by atoms with Crippen LogP contribution in [0.4, 0.5) is 0 Å². The Hall–Kier alpha value is -1.81. The van der Waals surface area contributed by atoms with E-state index in [2.05, 4.69) is 4.98 Å². The summed E-state index contributed by atoms with van der Waals surface area (Å²) in [7, 11) is 1.57. The third kappa shape index (κ3) is 7.02. The standard InChI is InChI=1S/C23H35NO3/c1-18(25)14-10-8-6-4-3-5-7-9-11-17-21-23(27-2)22(26)19-15-12-13-16-20(19)24-21/h12-13,15-16,18,25H,3-11,14,17H2,1-2H3,(H,24,26). The van der Waals surface area contributed by atoms with Crippen molar-refractivity contribution in [1.82, 2.24) is 4.98 Å². The van der Waals surface area contributed by atoms with Crippen LogP contribution in [-0.4, -0.2) is 23.3 Å². The van der Waals surface area contributed by atoms with Crippen LogP contribution in [0.25, 0.3) is 10.9 Å². The molecule has 4 heteroatoms. The van der Waals surface area contributed by atoms with Crippen molar-refractivity contribution in [3.63, 3.8) is 0 Å². The van der Waals surface area contributed by atoms with E-state index in [4.69, 9.17) is 4.74 Å². The SMILES string of the molecule is COc1c(CCCCCCCCCCCC(C)O)[nH]c2ccccc2c1=O. The molecule has 0 saturated carbocycles. The molecule has 1 unspecified atom stereocenters. The number of methoxy groups -OCH3 is 1. The Labute approximate surface area is 163 Å². The number of nitrogens with one attached hydrogen (secondary N) is 1. The normalized spacial score (nSPS) is 12.4. The number of aromatic nitrogens is 1. The fourth-order valence-corrected chi connectivity index (χ4v) is 3.64. The number of pyridine rings is 1. The maximum Gasteiger partial charge on any atom is 0.231 e. The molecule has 0 aliphatic rings. The van der Waals surface area contributed by atoms with E-state index in [0.717, 1.165) is 36.9 Å². The maximum absolute atomic E-state index is 12.5. The summed E-state index contributed by atoms with van der Waals surface area (Å²) >= 11 is 0. The number of aliphatic hydroxyl groups excluding tert-OH is 1. The highest BCUT2D eigenvalue weighted by Crippen LogP contribution is 2.19. The molecule has 1 heterocycles. The highest BCUT2D eigenvalue weighted by molar-refractivity contribution is 5.80. The highest BCUT2D eigenvalue weighted by atomic mass is 16.5. The number of benzene rings is 1. The second-order valence-corrected chi connectivity index (χ2v) is 7.58. The van der Waals surface area contributed by atoms with Gasteiger partial charge >= 0.3 is 0 Å². The van der Waals surface area contributed by atoms with Crippen molar-refractivity contribution in [3.8, 4) is 5.75 Å². The fourth-order valence-electron chi connectivity index (χ4n) is 3.64. The second-order valence-electron chi connectivity index (χ2n) is 7.58. The maximum atomic E-state index is 12.5. The van der Waals surface area contributed by atoms with E-state index in [1.165, 1.54) is 44.9 Å². The number of unbranched alkanes of at least 4 members (excludes halogenated alkanes) is 8. The molecular weight excluding hydrogens is 338 g/mol. The molecule has 0 bridgehead atoms. The number of aryl methyl sites for hydroxylation is 1. The molecule has 4 nitrogen and oxygen atoms in total. The van der Waals surface area contributed by atoms with Gasteiger partial charge in [0.15, 0.2) is 5.75 Å². The lowest BCUT2D eigenvalue weighted by atomic mass is 10.0. The number of para-hydroxylation sites is 1. The van der Waals surface area contributed by atoms with Gasteiger partial charge in [-0.05, 0) is 38.3 Å². The van der Waals surface area contributed by atoms with Gasteiger partial charge in [0, 0.05) is 10.9 Å². The smallest absolute Gasteiger partial charge is 0.231 e. The zero-order valence-electron chi connectivity index (χ0n) is 16.9. The van der Waals surface area contributed by atoms with E-state index >= 15 is 0 Å². The van der Waals surface area contributed by atoms with E-state index < -0.39 is 0 Å². The van der Waals surface area contributed by atoms with Crippen molar-refractivity contribution in [2.75, 3.05) is 7.11 Å². The molecule has 0 saturated heterocycles. The van der Waals surface area contributed by atoms with Crippen molar-refractivity contribution in [3.05, 3.63) is 40.2 Å². The van der Waals surface area contributed by atoms with Gasteiger partial charge in [-0.25, -0.2) is 0 Å². The molecule has 2 aromatic rings. The first-order valence-electron chi connectivity index (χ1n) is 10.5. The molecule has 0 radical (unpaired) electrons. The minimum atomic E-state index is -0.152. The van der Waals surface area contributed by atoms with Crippen LogP contribution in [0.2, 0.25) is 0 Å². The Balaban J connectivity index is 1.67. The van der Waals surface area contributed by atoms with Gasteiger partial charge in [-0.2, -0.15) is 0 Å². The van der Waals surface area contributed by atoms with Gasteiger partial charge in [-0.15, -0.1) is 0 Å². The van der Waals surface area contributed by atoms with Crippen LogP contribution in [0.15, 0.2) is 29.1 Å². The topological polar surface area (TPSA) is 62.3 Å². The largest absolute Gasteiger partial charge is 0.491 e. The summed E-state index contributed by atoms with van der Waals surface area (Å²) in [5, 5.41) is 9.92. The van der Waals surface area contributed by atoms with Crippen LogP contribution in [0.1, 0.15) is 76.8 Å². The van der Waals surface area contributed by atoms with Gasteiger partial charge < -0.3 is 14.8 Å². The van der Waals surface area contributed by atoms with E-state index in [-0.39, 0.29) is 11.5 Å². The van der Waals surface area contributed by atoms with Crippen LogP contribution in [-0.2, 0) is 6.42 Å². The van der Waals surface area contributed by atoms with E-state index in [1.54, 1.807) is 7.11 Å². The van der Waals surface area contributed by atoms with Gasteiger partial charge in [0.25, 0.3) is 0 Å². The van der Waals surface area contributed by atoms with Gasteiger partial charge in [-0.3, -0.25) is 4.79 Å². The van der Waals surface area contributed by atoms with E-state index in [0.29, 0.717) is 11.1 Å². The third-order valence-corrected chi connectivity index (χ3v) is 5.19. The molecule has 1 atom stereocenters. The first-order valence-corrected chi connectivity index (χ1v) is 10.5. The zero-order chi connectivity index (χ0) is 19.5. The first-order chi connectivity index (χ1) is 13.1. The monoisotopic (exact) mass is 373 g/mol. The van der Waals surface area contributed by atoms with Crippen LogP contribution >= 0.6 is 0 Å². The molecule has 1 aromatic carbocycles. The minimum absolute atomic E-state index is 0.0163. The predicted molar refractivity (Wildman–Crippen MR) is 113 cm³/mol. The van der Waals surface area contributed by atoms with Gasteiger partial charge in [0.2, 0.25) is 5.43 Å². The predicted octanol–water partition coefficient (Wildman–Crippen LogP) is 5.36. The number of aromatic amines is 1. The Bertz CT molecular complexity index is 736. The lowest BCUT2D eigenvalue weighted by molar-refractivity contribution is 0.180. The summed E-state index contributed by atoms with van der Waals surface area (Å²) < 4.78 is 5.38. The quantitative estimate of drug-likeness (QED) is 0.465. The second kappa shape index (κ2) is 11.8. The van der Waals surface area contributed by atoms with Crippen molar-refractivity contribution in [2.45, 2.75) is 83.7 Å². The Morgan fingerprint density at radius 3 is 2.19 bits per heavy atom. The first kappa shape index (κ1) is 21.5. The molecule has 0 aliphatic heterocycles. The van der Waals surface area contributed by atoms with Crippen LogP contribution < -0.4 is 10.2 Å². The summed E-state index contributed by atoms with van der Waals surface area (Å²) in [5.41, 5.74) is 1.78. The summed E-state index contributed by atoms with van der Waals surface area (Å²) in [4.78, 5) is 15.9. The number of hydrogen-bond acceptors (Lipinski definition) is 3. The Kier molecular flexibility index (Phi) is 9.40. The summed E-state index contributed by atoms with van der Waals surface area (Å²) in [6.45, 7) is 1.86. The number of hydrogen-bond donors (Lipinski definition) is 2. The highest BCUT2D eigenvalue weighted by Gasteiger charge is 2.11. The molecule has 0 spiro atoms. The molecule has 27 heavy (non-hydrogen) atoms. The lowest BCUT2D eigenvalue weighted by Gasteiger charge is -2.10. The Morgan fingerprint density at radius 1 is 0.963 bits per heavy atom. The number of H-pyrrole nitrogens is 1. The summed E-state index contributed by atoms with van der Waals surface area (Å²) in [5.74, 6) is 0.464. The number of fused-ring (bicyclic) bond motifs is 1. The Morgan fingerprint density at radius 2 is 1.56 bits per heavy atom. The van der Waals surface area contributed by atoms with Crippen LogP contribution in [0.5, 0.6) is 5.75 Å². The number of rotatable bonds is 13. The van der Waals surface area contributed by atoms with Crippen molar-refractivity contribution < 1.29 is 9.84 Å². The van der Waals surface area contributed by atoms with Crippen molar-refractivity contribution in [1.29, 1.82) is 0 Å². The molecule has 0 amide bonds. The molecule has 0 aliphatic carbocycles. The minimum Gasteiger partial charge on any atom is -0.491 e. The van der Waals surface area contributed by atoms with Gasteiger partial charge in [0.1, 0.15) is 0 Å². The average Bonchev–Trinajstić information content (AvgIpc) is 2.66. The lowest BCUT2D eigenvalue weighted by Crippen LogP contribution is -2.11. The van der Waals surface area contributed by atoms with Crippen molar-refractivity contribution in [2.24, 2.45) is 0 Å². The zero-order valence-corrected chi connectivity index (χ0v) is 16.9. The average molecular weight is 374 g/mol. The number of ether oxygens (including phenoxy) is 1. The summed E-state index contributed by atoms with van der Waals surface area (Å²) in [6.07, 6.45) is 12.7. The van der Waals surface area contributed by atoms with Gasteiger partial charge in [-0.1, -0.05) is 63.5 Å². The molecule has 150 valence electrons. The van der Waals surface area contributed by atoms with E-state index in [9.17, 15) is 9.90 Å². The summed E-state index contributed by atoms with van der Waals surface area (Å²) in [6, 6.07) is 7.61. The molecule has 2 N–H and O–H groups in total. The molecule has 0 fully saturated rings. The van der Waals surface area contributed by atoms with Gasteiger partial charge in [0.05, 0.1) is 18.9 Å². The third-order valence-electron chi connectivity index (χ3n) is 5.19. The van der Waals surface area contributed by atoms with Crippen LogP contribution in [0, 0.1) is 0 Å². The molecule has 2 rings (SSSR count). The number of aliphatic hydroxyl groups is 1.